The van der Waals surface area contributed by atoms with Gasteiger partial charge >= 0.3 is 5.97 Å². The summed E-state index contributed by atoms with van der Waals surface area (Å²) in [6, 6.07) is 12.1. The summed E-state index contributed by atoms with van der Waals surface area (Å²) in [6.45, 7) is 0.661. The Balaban J connectivity index is 1.92. The first-order chi connectivity index (χ1) is 12.9. The molecule has 0 aromatic heterocycles. The van der Waals surface area contributed by atoms with Crippen LogP contribution in [0.25, 0.3) is 6.08 Å². The molecule has 7 heteroatoms. The molecule has 0 atom stereocenters. The molecule has 6 nitrogen and oxygen atoms in total. The van der Waals surface area contributed by atoms with E-state index in [0.29, 0.717) is 11.1 Å². The molecule has 0 radical (unpaired) electrons. The van der Waals surface area contributed by atoms with Crippen molar-refractivity contribution in [3.63, 3.8) is 0 Å². The van der Waals surface area contributed by atoms with Gasteiger partial charge in [-0.05, 0) is 42.0 Å². The van der Waals surface area contributed by atoms with E-state index in [2.05, 4.69) is 5.32 Å². The second kappa shape index (κ2) is 9.06. The van der Waals surface area contributed by atoms with Crippen LogP contribution in [0.5, 0.6) is 0 Å². The molecular weight excluding hydrogens is 351 g/mol. The SMILES string of the molecule is CC(=O)Nc1ccc(C(=O)COC(=O)/C=C/c2ccc(C#N)cc2)c(F)c1. The summed E-state index contributed by atoms with van der Waals surface area (Å²) in [5, 5.41) is 11.1. The zero-order chi connectivity index (χ0) is 19.8. The van der Waals surface area contributed by atoms with Crippen LogP contribution in [0.3, 0.4) is 0 Å². The van der Waals surface area contributed by atoms with Crippen LogP contribution in [0.15, 0.2) is 48.5 Å². The van der Waals surface area contributed by atoms with E-state index in [0.717, 1.165) is 12.1 Å². The monoisotopic (exact) mass is 366 g/mol. The topological polar surface area (TPSA) is 96.3 Å². The molecule has 2 aromatic rings. The molecule has 2 aromatic carbocycles. The maximum absolute atomic E-state index is 14.0. The van der Waals surface area contributed by atoms with Gasteiger partial charge in [0.25, 0.3) is 0 Å². The number of carbonyl (C=O) groups excluding carboxylic acids is 3. The lowest BCUT2D eigenvalue weighted by Gasteiger charge is -2.06. The lowest BCUT2D eigenvalue weighted by molar-refractivity contribution is -0.136. The van der Waals surface area contributed by atoms with Crippen molar-refractivity contribution in [3.05, 3.63) is 71.0 Å². The van der Waals surface area contributed by atoms with Crippen molar-refractivity contribution < 1.29 is 23.5 Å². The van der Waals surface area contributed by atoms with Gasteiger partial charge in [-0.2, -0.15) is 5.26 Å². The third-order valence-electron chi connectivity index (χ3n) is 3.39. The van der Waals surface area contributed by atoms with E-state index in [1.165, 1.54) is 25.1 Å². The molecule has 0 heterocycles. The number of Topliss-reactive ketones (excluding diaryl/α,β-unsaturated/α-hetero) is 1. The largest absolute Gasteiger partial charge is 0.454 e. The number of ketones is 1. The number of halogens is 1. The quantitative estimate of drug-likeness (QED) is 0.481. The number of amides is 1. The normalized spacial score (nSPS) is 10.3. The molecule has 0 aliphatic carbocycles. The van der Waals surface area contributed by atoms with Gasteiger partial charge in [-0.1, -0.05) is 12.1 Å². The van der Waals surface area contributed by atoms with Gasteiger partial charge in [-0.25, -0.2) is 9.18 Å². The second-order valence-corrected chi connectivity index (χ2v) is 5.47. The number of rotatable bonds is 6. The second-order valence-electron chi connectivity index (χ2n) is 5.47. The van der Waals surface area contributed by atoms with Gasteiger partial charge in [0.1, 0.15) is 5.82 Å². The van der Waals surface area contributed by atoms with Crippen LogP contribution in [0.4, 0.5) is 10.1 Å². The summed E-state index contributed by atoms with van der Waals surface area (Å²) >= 11 is 0. The van der Waals surface area contributed by atoms with E-state index < -0.39 is 24.2 Å². The van der Waals surface area contributed by atoms with E-state index >= 15 is 0 Å². The predicted molar refractivity (Wildman–Crippen MR) is 96.2 cm³/mol. The number of carbonyl (C=O) groups is 3. The average Bonchev–Trinajstić information content (AvgIpc) is 2.64. The molecule has 2 rings (SSSR count). The van der Waals surface area contributed by atoms with E-state index in [-0.39, 0.29) is 17.2 Å². The average molecular weight is 366 g/mol. The van der Waals surface area contributed by atoms with Crippen LogP contribution in [0.2, 0.25) is 0 Å². The van der Waals surface area contributed by atoms with Crippen LogP contribution in [0, 0.1) is 17.1 Å². The fourth-order valence-corrected chi connectivity index (χ4v) is 2.12. The zero-order valence-electron chi connectivity index (χ0n) is 14.4. The zero-order valence-corrected chi connectivity index (χ0v) is 14.4. The fourth-order valence-electron chi connectivity index (χ4n) is 2.12. The maximum Gasteiger partial charge on any atom is 0.331 e. The number of hydrogen-bond donors (Lipinski definition) is 1. The molecule has 0 fully saturated rings. The number of nitriles is 1. The van der Waals surface area contributed by atoms with Crippen molar-refractivity contribution in [1.29, 1.82) is 5.26 Å². The van der Waals surface area contributed by atoms with Gasteiger partial charge in [0.05, 0.1) is 17.2 Å². The smallest absolute Gasteiger partial charge is 0.331 e. The van der Waals surface area contributed by atoms with Gasteiger partial charge in [0.15, 0.2) is 6.61 Å². The summed E-state index contributed by atoms with van der Waals surface area (Å²) in [5.74, 6) is -2.66. The summed E-state index contributed by atoms with van der Waals surface area (Å²) in [4.78, 5) is 34.6. The number of benzene rings is 2. The highest BCUT2D eigenvalue weighted by Crippen LogP contribution is 2.15. The lowest BCUT2D eigenvalue weighted by Crippen LogP contribution is -2.14. The fraction of sp³-hybridized carbons (Fsp3) is 0.100. The Bertz CT molecular complexity index is 943. The standard InChI is InChI=1S/C20H15FN2O4/c1-13(24)23-16-7-8-17(18(21)10-16)19(25)12-27-20(26)9-6-14-2-4-15(11-22)5-3-14/h2-10H,12H2,1H3,(H,23,24)/b9-6+. The van der Waals surface area contributed by atoms with Crippen LogP contribution >= 0.6 is 0 Å². The molecule has 0 aliphatic rings. The van der Waals surface area contributed by atoms with Gasteiger partial charge in [-0.15, -0.1) is 0 Å². The first kappa shape index (κ1) is 19.5. The highest BCUT2D eigenvalue weighted by molar-refractivity contribution is 5.99. The molecule has 0 saturated carbocycles. The maximum atomic E-state index is 14.0. The molecule has 0 unspecified atom stereocenters. The Morgan fingerprint density at radius 2 is 1.89 bits per heavy atom. The predicted octanol–water partition coefficient (Wildman–Crippen LogP) is 3.10. The minimum atomic E-state index is -0.824. The highest BCUT2D eigenvalue weighted by Gasteiger charge is 2.14. The molecule has 1 amide bonds. The molecule has 1 N–H and O–H groups in total. The van der Waals surface area contributed by atoms with E-state index in [9.17, 15) is 18.8 Å². The van der Waals surface area contributed by atoms with Crippen LogP contribution in [-0.4, -0.2) is 24.3 Å². The van der Waals surface area contributed by atoms with Gasteiger partial charge in [0.2, 0.25) is 11.7 Å². The summed E-state index contributed by atoms with van der Waals surface area (Å²) in [6.07, 6.45) is 2.60. The molecule has 27 heavy (non-hydrogen) atoms. The Labute approximate surface area is 154 Å². The van der Waals surface area contributed by atoms with Crippen LogP contribution in [0.1, 0.15) is 28.4 Å². The van der Waals surface area contributed by atoms with Gasteiger partial charge in [0, 0.05) is 18.7 Å². The molecule has 0 bridgehead atoms. The van der Waals surface area contributed by atoms with E-state index in [1.807, 2.05) is 6.07 Å². The van der Waals surface area contributed by atoms with Crippen LogP contribution < -0.4 is 5.32 Å². The van der Waals surface area contributed by atoms with Gasteiger partial charge in [-0.3, -0.25) is 9.59 Å². The Kier molecular flexibility index (Phi) is 6.55. The number of nitrogens with zero attached hydrogens (tertiary/aromatic N) is 1. The van der Waals surface area contributed by atoms with E-state index in [1.54, 1.807) is 24.3 Å². The van der Waals surface area contributed by atoms with Crippen molar-refractivity contribution in [3.8, 4) is 6.07 Å². The summed E-state index contributed by atoms with van der Waals surface area (Å²) in [5.41, 5.74) is 1.15. The first-order valence-corrected chi connectivity index (χ1v) is 7.84. The summed E-state index contributed by atoms with van der Waals surface area (Å²) < 4.78 is 18.8. The Morgan fingerprint density at radius 1 is 1.19 bits per heavy atom. The van der Waals surface area contributed by atoms with Crippen LogP contribution in [-0.2, 0) is 14.3 Å². The molecule has 136 valence electrons. The van der Waals surface area contributed by atoms with Gasteiger partial charge < -0.3 is 10.1 Å². The molecule has 0 saturated heterocycles. The number of ether oxygens (including phenoxy) is 1. The minimum absolute atomic E-state index is 0.221. The summed E-state index contributed by atoms with van der Waals surface area (Å²) in [7, 11) is 0. The first-order valence-electron chi connectivity index (χ1n) is 7.84. The third kappa shape index (κ3) is 5.90. The van der Waals surface area contributed by atoms with Crippen molar-refractivity contribution >= 4 is 29.4 Å². The number of hydrogen-bond acceptors (Lipinski definition) is 5. The van der Waals surface area contributed by atoms with E-state index in [4.69, 9.17) is 10.00 Å². The van der Waals surface area contributed by atoms with Crippen molar-refractivity contribution in [2.45, 2.75) is 6.92 Å². The molecule has 0 aliphatic heterocycles. The molecule has 0 spiro atoms. The number of nitrogens with one attached hydrogen (secondary N) is 1. The third-order valence-corrected chi connectivity index (χ3v) is 3.39. The van der Waals surface area contributed by atoms with Crippen molar-refractivity contribution in [1.82, 2.24) is 0 Å². The van der Waals surface area contributed by atoms with Crippen molar-refractivity contribution in [2.24, 2.45) is 0 Å². The Hall–Kier alpha value is -3.79. The van der Waals surface area contributed by atoms with Crippen molar-refractivity contribution in [2.75, 3.05) is 11.9 Å². The number of anilines is 1. The lowest BCUT2D eigenvalue weighted by atomic mass is 10.1. The minimum Gasteiger partial charge on any atom is -0.454 e. The Morgan fingerprint density at radius 3 is 2.48 bits per heavy atom. The molecular formula is C20H15FN2O4. The highest BCUT2D eigenvalue weighted by atomic mass is 19.1. The number of esters is 1.